The van der Waals surface area contributed by atoms with E-state index in [1.165, 1.54) is 54.6 Å². The van der Waals surface area contributed by atoms with E-state index in [1.807, 2.05) is 6.92 Å². The number of amides is 1. The van der Waals surface area contributed by atoms with Gasteiger partial charge in [0.05, 0.1) is 9.92 Å². The molecule has 0 aromatic heterocycles. The Hall–Kier alpha value is -3.57. The molecule has 3 N–H and O–H groups in total. The highest BCUT2D eigenvalue weighted by atomic mass is 35.5. The van der Waals surface area contributed by atoms with Crippen LogP contribution in [0.3, 0.4) is 0 Å². The Balaban J connectivity index is 1.49. The normalized spacial score (nSPS) is 11.6. The van der Waals surface area contributed by atoms with E-state index in [-0.39, 0.29) is 20.4 Å². The first-order valence-electron chi connectivity index (χ1n) is 11.0. The molecule has 38 heavy (non-hydrogen) atoms. The molecule has 0 fully saturated rings. The molecule has 12 heteroatoms. The summed E-state index contributed by atoms with van der Waals surface area (Å²) in [5, 5.41) is 3.04. The summed E-state index contributed by atoms with van der Waals surface area (Å²) in [6.07, 6.45) is 0. The van der Waals surface area contributed by atoms with Gasteiger partial charge in [0.1, 0.15) is 4.90 Å². The number of carbonyl (C=O) groups excluding carboxylic acids is 1. The molecule has 4 rings (SSSR count). The maximum absolute atomic E-state index is 12.9. The SMILES string of the molecule is Cc1ccc(NS(=O)(=O)c2cc(C(=O)Nc3ccc(S(=O)(=O)Nc4ccc(Cl)cc4)cc3)ccc2Cl)cc1. The van der Waals surface area contributed by atoms with Crippen LogP contribution in [0.2, 0.25) is 10.0 Å². The number of sulfonamides is 2. The summed E-state index contributed by atoms with van der Waals surface area (Å²) < 4.78 is 56.0. The van der Waals surface area contributed by atoms with Gasteiger partial charge in [-0.25, -0.2) is 16.8 Å². The van der Waals surface area contributed by atoms with Crippen molar-refractivity contribution in [1.29, 1.82) is 0 Å². The summed E-state index contributed by atoms with van der Waals surface area (Å²) in [6, 6.07) is 22.3. The average molecular weight is 591 g/mol. The van der Waals surface area contributed by atoms with Crippen molar-refractivity contribution in [2.45, 2.75) is 16.7 Å². The molecule has 0 saturated carbocycles. The van der Waals surface area contributed by atoms with Crippen LogP contribution in [-0.4, -0.2) is 22.7 Å². The van der Waals surface area contributed by atoms with Gasteiger partial charge >= 0.3 is 0 Å². The topological polar surface area (TPSA) is 121 Å². The highest BCUT2D eigenvalue weighted by Gasteiger charge is 2.21. The molecule has 0 aliphatic rings. The molecule has 0 bridgehead atoms. The fourth-order valence-electron chi connectivity index (χ4n) is 3.33. The Labute approximate surface area is 230 Å². The third-order valence-electron chi connectivity index (χ3n) is 5.31. The van der Waals surface area contributed by atoms with Crippen molar-refractivity contribution in [2.24, 2.45) is 0 Å². The lowest BCUT2D eigenvalue weighted by Gasteiger charge is -2.12. The highest BCUT2D eigenvalue weighted by molar-refractivity contribution is 7.93. The molecule has 0 atom stereocenters. The molecule has 4 aromatic carbocycles. The van der Waals surface area contributed by atoms with Crippen molar-refractivity contribution in [1.82, 2.24) is 0 Å². The maximum atomic E-state index is 12.9. The maximum Gasteiger partial charge on any atom is 0.263 e. The second kappa shape index (κ2) is 11.0. The minimum absolute atomic E-state index is 0.0208. The van der Waals surface area contributed by atoms with Crippen molar-refractivity contribution in [3.8, 4) is 0 Å². The molecule has 4 aromatic rings. The van der Waals surface area contributed by atoms with Gasteiger partial charge in [-0.1, -0.05) is 40.9 Å². The molecular formula is C26H21Cl2N3O5S2. The van der Waals surface area contributed by atoms with E-state index in [4.69, 9.17) is 23.2 Å². The molecule has 0 saturated heterocycles. The number of aryl methyl sites for hydroxylation is 1. The smallest absolute Gasteiger partial charge is 0.263 e. The van der Waals surface area contributed by atoms with Crippen LogP contribution in [0.5, 0.6) is 0 Å². The Morgan fingerprint density at radius 2 is 1.18 bits per heavy atom. The van der Waals surface area contributed by atoms with Crippen molar-refractivity contribution in [2.75, 3.05) is 14.8 Å². The number of nitrogens with one attached hydrogen (secondary N) is 3. The van der Waals surface area contributed by atoms with E-state index in [1.54, 1.807) is 36.4 Å². The van der Waals surface area contributed by atoms with Gasteiger partial charge < -0.3 is 5.32 Å². The van der Waals surface area contributed by atoms with E-state index in [2.05, 4.69) is 14.8 Å². The van der Waals surface area contributed by atoms with Crippen molar-refractivity contribution < 1.29 is 21.6 Å². The minimum Gasteiger partial charge on any atom is -0.322 e. The molecule has 8 nitrogen and oxygen atoms in total. The number of carbonyl (C=O) groups is 1. The van der Waals surface area contributed by atoms with Gasteiger partial charge in [-0.3, -0.25) is 14.2 Å². The van der Waals surface area contributed by atoms with Crippen molar-refractivity contribution >= 4 is 66.2 Å². The summed E-state index contributed by atoms with van der Waals surface area (Å²) in [6.45, 7) is 1.88. The quantitative estimate of drug-likeness (QED) is 0.227. The number of hydrogen-bond acceptors (Lipinski definition) is 5. The summed E-state index contributed by atoms with van der Waals surface area (Å²) in [5.74, 6) is -0.608. The Bertz CT molecular complexity index is 1690. The van der Waals surface area contributed by atoms with Crippen LogP contribution >= 0.6 is 23.2 Å². The van der Waals surface area contributed by atoms with Gasteiger partial charge in [0.2, 0.25) is 0 Å². The zero-order valence-electron chi connectivity index (χ0n) is 19.8. The lowest BCUT2D eigenvalue weighted by molar-refractivity contribution is 0.102. The molecule has 0 heterocycles. The fourth-order valence-corrected chi connectivity index (χ4v) is 6.11. The van der Waals surface area contributed by atoms with E-state index in [0.717, 1.165) is 5.56 Å². The lowest BCUT2D eigenvalue weighted by atomic mass is 10.2. The van der Waals surface area contributed by atoms with Crippen LogP contribution < -0.4 is 14.8 Å². The van der Waals surface area contributed by atoms with Gasteiger partial charge in [-0.2, -0.15) is 0 Å². The summed E-state index contributed by atoms with van der Waals surface area (Å²) in [5.41, 5.74) is 2.00. The molecule has 0 spiro atoms. The minimum atomic E-state index is -4.08. The van der Waals surface area contributed by atoms with Gasteiger partial charge in [-0.05, 0) is 85.8 Å². The predicted molar refractivity (Wildman–Crippen MR) is 150 cm³/mol. The number of hydrogen-bond donors (Lipinski definition) is 3. The van der Waals surface area contributed by atoms with Gasteiger partial charge in [0.15, 0.2) is 0 Å². The van der Waals surface area contributed by atoms with E-state index >= 15 is 0 Å². The predicted octanol–water partition coefficient (Wildman–Crippen LogP) is 6.16. The Kier molecular flexibility index (Phi) is 7.98. The standard InChI is InChI=1S/C26H21Cl2N3O5S2/c1-17-2-7-21(8-3-17)31-38(35,36)25-16-18(4-15-24(25)28)26(32)29-20-11-13-23(14-12-20)37(33,34)30-22-9-5-19(27)6-10-22/h2-16,30-31H,1H3,(H,29,32). The highest BCUT2D eigenvalue weighted by Crippen LogP contribution is 2.26. The van der Waals surface area contributed by atoms with Crippen LogP contribution in [0.15, 0.2) is 101 Å². The van der Waals surface area contributed by atoms with E-state index in [9.17, 15) is 21.6 Å². The monoisotopic (exact) mass is 589 g/mol. The van der Waals surface area contributed by atoms with E-state index < -0.39 is 26.0 Å². The number of anilines is 3. The lowest BCUT2D eigenvalue weighted by Crippen LogP contribution is -2.16. The molecule has 196 valence electrons. The van der Waals surface area contributed by atoms with Crippen LogP contribution in [0.4, 0.5) is 17.1 Å². The molecule has 0 unspecified atom stereocenters. The second-order valence-electron chi connectivity index (χ2n) is 8.21. The third-order valence-corrected chi connectivity index (χ3v) is 8.82. The van der Waals surface area contributed by atoms with Gasteiger partial charge in [0.25, 0.3) is 26.0 Å². The van der Waals surface area contributed by atoms with Crippen LogP contribution in [0, 0.1) is 6.92 Å². The molecule has 1 amide bonds. The van der Waals surface area contributed by atoms with E-state index in [0.29, 0.717) is 22.1 Å². The largest absolute Gasteiger partial charge is 0.322 e. The van der Waals surface area contributed by atoms with Crippen molar-refractivity contribution in [3.05, 3.63) is 112 Å². The van der Waals surface area contributed by atoms with Crippen molar-refractivity contribution in [3.63, 3.8) is 0 Å². The third kappa shape index (κ3) is 6.65. The van der Waals surface area contributed by atoms with Crippen LogP contribution in [0.1, 0.15) is 15.9 Å². The first kappa shape index (κ1) is 27.5. The number of halogens is 2. The van der Waals surface area contributed by atoms with Crippen LogP contribution in [-0.2, 0) is 20.0 Å². The van der Waals surface area contributed by atoms with Gasteiger partial charge in [-0.15, -0.1) is 0 Å². The Morgan fingerprint density at radius 3 is 1.79 bits per heavy atom. The zero-order valence-corrected chi connectivity index (χ0v) is 22.9. The fraction of sp³-hybridized carbons (Fsp3) is 0.0385. The molecular weight excluding hydrogens is 569 g/mol. The first-order valence-corrected chi connectivity index (χ1v) is 14.7. The zero-order chi connectivity index (χ0) is 27.5. The summed E-state index contributed by atoms with van der Waals surface area (Å²) in [7, 11) is -7.95. The molecule has 0 aliphatic heterocycles. The number of benzene rings is 4. The van der Waals surface area contributed by atoms with Gasteiger partial charge in [0, 0.05) is 27.6 Å². The molecule has 0 aliphatic carbocycles. The first-order chi connectivity index (χ1) is 17.9. The number of rotatable bonds is 8. The molecule has 0 radical (unpaired) electrons. The summed E-state index contributed by atoms with van der Waals surface area (Å²) >= 11 is 12.0. The Morgan fingerprint density at radius 1 is 0.658 bits per heavy atom. The summed E-state index contributed by atoms with van der Waals surface area (Å²) in [4.78, 5) is 12.6. The van der Waals surface area contributed by atoms with Crippen LogP contribution in [0.25, 0.3) is 0 Å². The second-order valence-corrected chi connectivity index (χ2v) is 12.4. The average Bonchev–Trinajstić information content (AvgIpc) is 2.87.